The van der Waals surface area contributed by atoms with Crippen LogP contribution in [0.5, 0.6) is 0 Å². The number of cyclic esters (lactones) is 1. The lowest BCUT2D eigenvalue weighted by atomic mass is 10.1. The van der Waals surface area contributed by atoms with E-state index >= 15 is 0 Å². The fraction of sp³-hybridized carbons (Fsp3) is 0.308. The summed E-state index contributed by atoms with van der Waals surface area (Å²) in [5, 5.41) is 11.3. The minimum absolute atomic E-state index is 0.325. The summed E-state index contributed by atoms with van der Waals surface area (Å²) in [5.41, 5.74) is 1.02. The molecule has 1 aliphatic rings. The normalized spacial score (nSPS) is 15.7. The maximum atomic E-state index is 11.7. The van der Waals surface area contributed by atoms with Crippen LogP contribution in [-0.4, -0.2) is 36.2 Å². The molecule has 0 spiro atoms. The van der Waals surface area contributed by atoms with Crippen molar-refractivity contribution >= 4 is 29.3 Å². The topological polar surface area (TPSA) is 95.9 Å². The number of aliphatic carboxylic acids is 1. The van der Waals surface area contributed by atoms with Gasteiger partial charge in [0.25, 0.3) is 0 Å². The van der Waals surface area contributed by atoms with Crippen LogP contribution in [0.25, 0.3) is 0 Å². The number of carbonyl (C=O) groups excluding carboxylic acids is 2. The van der Waals surface area contributed by atoms with Gasteiger partial charge < -0.3 is 15.2 Å². The highest BCUT2D eigenvalue weighted by Crippen LogP contribution is 2.22. The molecule has 7 nitrogen and oxygen atoms in total. The van der Waals surface area contributed by atoms with Crippen LogP contribution in [-0.2, 0) is 14.3 Å². The monoisotopic (exact) mass is 278 g/mol. The highest BCUT2D eigenvalue weighted by atomic mass is 16.6. The van der Waals surface area contributed by atoms with Gasteiger partial charge >= 0.3 is 12.1 Å². The summed E-state index contributed by atoms with van der Waals surface area (Å²) >= 11 is 0. The molecule has 1 fully saturated rings. The number of amides is 2. The van der Waals surface area contributed by atoms with Crippen LogP contribution in [0.4, 0.5) is 16.2 Å². The lowest BCUT2D eigenvalue weighted by Crippen LogP contribution is -2.27. The van der Waals surface area contributed by atoms with Crippen LogP contribution < -0.4 is 10.2 Å². The molecular weight excluding hydrogens is 264 g/mol. The number of ether oxygens (including phenoxy) is 1. The average Bonchev–Trinajstić information content (AvgIpc) is 2.84. The zero-order valence-electron chi connectivity index (χ0n) is 10.8. The Morgan fingerprint density at radius 2 is 2.20 bits per heavy atom. The van der Waals surface area contributed by atoms with Gasteiger partial charge in [0.2, 0.25) is 5.91 Å². The molecule has 1 unspecified atom stereocenters. The van der Waals surface area contributed by atoms with Crippen molar-refractivity contribution < 1.29 is 24.2 Å². The molecule has 106 valence electrons. The van der Waals surface area contributed by atoms with Crippen molar-refractivity contribution in [2.45, 2.75) is 6.92 Å². The Hall–Kier alpha value is -2.57. The summed E-state index contributed by atoms with van der Waals surface area (Å²) in [7, 11) is 0. The number of carboxylic acids is 1. The van der Waals surface area contributed by atoms with E-state index in [1.54, 1.807) is 24.3 Å². The highest BCUT2D eigenvalue weighted by Gasteiger charge is 2.24. The number of anilines is 2. The molecule has 0 bridgehead atoms. The Bertz CT molecular complexity index is 557. The molecule has 1 saturated heterocycles. The predicted octanol–water partition coefficient (Wildman–Crippen LogP) is 1.30. The fourth-order valence-corrected chi connectivity index (χ4v) is 1.74. The van der Waals surface area contributed by atoms with E-state index in [4.69, 9.17) is 9.84 Å². The molecule has 2 rings (SSSR count). The Kier molecular flexibility index (Phi) is 3.88. The zero-order valence-corrected chi connectivity index (χ0v) is 10.8. The van der Waals surface area contributed by atoms with Crippen LogP contribution in [0.2, 0.25) is 0 Å². The first-order valence-corrected chi connectivity index (χ1v) is 6.07. The first-order valence-electron chi connectivity index (χ1n) is 6.07. The summed E-state index contributed by atoms with van der Waals surface area (Å²) in [5.74, 6) is -2.95. The van der Waals surface area contributed by atoms with Gasteiger partial charge in [-0.1, -0.05) is 6.07 Å². The third-order valence-electron chi connectivity index (χ3n) is 2.95. The van der Waals surface area contributed by atoms with E-state index < -0.39 is 23.9 Å². The smallest absolute Gasteiger partial charge is 0.414 e. The van der Waals surface area contributed by atoms with Crippen molar-refractivity contribution in [3.8, 4) is 0 Å². The van der Waals surface area contributed by atoms with E-state index in [-0.39, 0.29) is 0 Å². The van der Waals surface area contributed by atoms with Gasteiger partial charge in [-0.05, 0) is 25.1 Å². The predicted molar refractivity (Wildman–Crippen MR) is 70.6 cm³/mol. The SMILES string of the molecule is CC(C(=O)O)C(=O)Nc1cccc(N2CCOC2=O)c1. The second-order valence-electron chi connectivity index (χ2n) is 4.37. The Labute approximate surface area is 115 Å². The molecule has 0 aromatic heterocycles. The number of nitrogens with zero attached hydrogens (tertiary/aromatic N) is 1. The van der Waals surface area contributed by atoms with Crippen molar-refractivity contribution in [2.24, 2.45) is 5.92 Å². The molecule has 2 amide bonds. The van der Waals surface area contributed by atoms with Gasteiger partial charge in [0.05, 0.1) is 6.54 Å². The van der Waals surface area contributed by atoms with E-state index in [1.807, 2.05) is 0 Å². The second-order valence-corrected chi connectivity index (χ2v) is 4.37. The molecule has 1 aromatic carbocycles. The Morgan fingerprint density at radius 1 is 1.45 bits per heavy atom. The van der Waals surface area contributed by atoms with Gasteiger partial charge in [0.1, 0.15) is 12.5 Å². The number of rotatable bonds is 4. The number of benzene rings is 1. The second kappa shape index (κ2) is 5.60. The Morgan fingerprint density at radius 3 is 2.80 bits per heavy atom. The van der Waals surface area contributed by atoms with Crippen molar-refractivity contribution in [3.05, 3.63) is 24.3 Å². The average molecular weight is 278 g/mol. The molecule has 0 saturated carbocycles. The van der Waals surface area contributed by atoms with Crippen LogP contribution in [0.15, 0.2) is 24.3 Å². The van der Waals surface area contributed by atoms with E-state index in [0.29, 0.717) is 24.5 Å². The van der Waals surface area contributed by atoms with E-state index in [1.165, 1.54) is 11.8 Å². The van der Waals surface area contributed by atoms with Crippen molar-refractivity contribution in [1.29, 1.82) is 0 Å². The molecule has 2 N–H and O–H groups in total. The number of hydrogen-bond donors (Lipinski definition) is 2. The molecule has 1 aliphatic heterocycles. The minimum Gasteiger partial charge on any atom is -0.481 e. The Balaban J connectivity index is 2.12. The van der Waals surface area contributed by atoms with Crippen molar-refractivity contribution in [2.75, 3.05) is 23.4 Å². The van der Waals surface area contributed by atoms with Gasteiger partial charge in [-0.25, -0.2) is 4.79 Å². The number of hydrogen-bond acceptors (Lipinski definition) is 4. The quantitative estimate of drug-likeness (QED) is 0.809. The standard InChI is InChI=1S/C13H14N2O5/c1-8(12(17)18)11(16)14-9-3-2-4-10(7-9)15-5-6-20-13(15)19/h2-4,7-8H,5-6H2,1H3,(H,14,16)(H,17,18). The number of carboxylic acid groups (broad SMARTS) is 1. The summed E-state index contributed by atoms with van der Waals surface area (Å²) in [4.78, 5) is 35.3. The van der Waals surface area contributed by atoms with Gasteiger partial charge in [-0.15, -0.1) is 0 Å². The molecule has 1 atom stereocenters. The summed E-state index contributed by atoms with van der Waals surface area (Å²) in [6.45, 7) is 2.08. The zero-order chi connectivity index (χ0) is 14.7. The van der Waals surface area contributed by atoms with Gasteiger partial charge in [0.15, 0.2) is 0 Å². The maximum Gasteiger partial charge on any atom is 0.414 e. The molecule has 7 heteroatoms. The largest absolute Gasteiger partial charge is 0.481 e. The fourth-order valence-electron chi connectivity index (χ4n) is 1.74. The van der Waals surface area contributed by atoms with Gasteiger partial charge in [-0.3, -0.25) is 14.5 Å². The van der Waals surface area contributed by atoms with Crippen LogP contribution in [0, 0.1) is 5.92 Å². The van der Waals surface area contributed by atoms with E-state index in [9.17, 15) is 14.4 Å². The molecule has 1 heterocycles. The minimum atomic E-state index is -1.19. The van der Waals surface area contributed by atoms with Crippen molar-refractivity contribution in [1.82, 2.24) is 0 Å². The lowest BCUT2D eigenvalue weighted by molar-refractivity contribution is -0.144. The van der Waals surface area contributed by atoms with Crippen LogP contribution in [0.1, 0.15) is 6.92 Å². The van der Waals surface area contributed by atoms with Crippen molar-refractivity contribution in [3.63, 3.8) is 0 Å². The lowest BCUT2D eigenvalue weighted by Gasteiger charge is -2.14. The van der Waals surface area contributed by atoms with Gasteiger partial charge in [0, 0.05) is 11.4 Å². The first-order chi connectivity index (χ1) is 9.49. The van der Waals surface area contributed by atoms with E-state index in [2.05, 4.69) is 5.32 Å². The number of nitrogens with one attached hydrogen (secondary N) is 1. The molecular formula is C13H14N2O5. The maximum absolute atomic E-state index is 11.7. The van der Waals surface area contributed by atoms with Crippen LogP contribution >= 0.6 is 0 Å². The molecule has 20 heavy (non-hydrogen) atoms. The molecule has 1 aromatic rings. The van der Waals surface area contributed by atoms with Gasteiger partial charge in [-0.2, -0.15) is 0 Å². The summed E-state index contributed by atoms with van der Waals surface area (Å²) in [6, 6.07) is 6.60. The molecule has 0 aliphatic carbocycles. The highest BCUT2D eigenvalue weighted by molar-refractivity contribution is 6.04. The van der Waals surface area contributed by atoms with E-state index in [0.717, 1.165) is 0 Å². The first kappa shape index (κ1) is 13.9. The third-order valence-corrected chi connectivity index (χ3v) is 2.95. The molecule has 0 radical (unpaired) electrons. The summed E-state index contributed by atoms with van der Waals surface area (Å²) in [6.07, 6.45) is -0.438. The third kappa shape index (κ3) is 2.87. The number of carbonyl (C=O) groups is 3. The van der Waals surface area contributed by atoms with Crippen LogP contribution in [0.3, 0.4) is 0 Å². The summed E-state index contributed by atoms with van der Waals surface area (Å²) < 4.78 is 4.83.